The van der Waals surface area contributed by atoms with Crippen molar-refractivity contribution >= 4 is 27.8 Å². The summed E-state index contributed by atoms with van der Waals surface area (Å²) in [4.78, 5) is 23.2. The molecule has 1 aliphatic rings. The molecule has 0 spiro atoms. The molecule has 1 heterocycles. The minimum absolute atomic E-state index is 0.0831. The lowest BCUT2D eigenvalue weighted by molar-refractivity contribution is -0.119. The van der Waals surface area contributed by atoms with Crippen LogP contribution < -0.4 is 0 Å². The van der Waals surface area contributed by atoms with E-state index in [-0.39, 0.29) is 11.9 Å². The van der Waals surface area contributed by atoms with Crippen LogP contribution in [0.25, 0.3) is 0 Å². The number of ketones is 1. The lowest BCUT2D eigenvalue weighted by Gasteiger charge is -2.40. The van der Waals surface area contributed by atoms with Gasteiger partial charge in [-0.1, -0.05) is 15.9 Å². The van der Waals surface area contributed by atoms with E-state index in [0.717, 1.165) is 12.8 Å². The summed E-state index contributed by atoms with van der Waals surface area (Å²) in [5.74, 6) is -0.0831. The SMILES string of the molecule is COC1CCCN(C(=O)O)C1C(Br)C(C)=O. The predicted molar refractivity (Wildman–Crippen MR) is 61.9 cm³/mol. The Morgan fingerprint density at radius 2 is 2.19 bits per heavy atom. The Labute approximate surface area is 103 Å². The van der Waals surface area contributed by atoms with E-state index < -0.39 is 17.0 Å². The van der Waals surface area contributed by atoms with Crippen LogP contribution in [0.5, 0.6) is 0 Å². The Hall–Kier alpha value is -0.620. The number of methoxy groups -OCH3 is 1. The smallest absolute Gasteiger partial charge is 0.407 e. The number of ether oxygens (including phenoxy) is 1. The number of carbonyl (C=O) groups excluding carboxylic acids is 1. The molecule has 1 saturated heterocycles. The van der Waals surface area contributed by atoms with Crippen LogP contribution in [0.15, 0.2) is 0 Å². The number of carboxylic acid groups (broad SMARTS) is 1. The minimum atomic E-state index is -1.00. The van der Waals surface area contributed by atoms with Crippen LogP contribution >= 0.6 is 15.9 Å². The number of carbonyl (C=O) groups is 2. The Morgan fingerprint density at radius 3 is 2.62 bits per heavy atom. The van der Waals surface area contributed by atoms with Crippen molar-refractivity contribution in [2.75, 3.05) is 13.7 Å². The van der Waals surface area contributed by atoms with Crippen molar-refractivity contribution in [3.63, 3.8) is 0 Å². The maximum Gasteiger partial charge on any atom is 0.407 e. The Morgan fingerprint density at radius 1 is 1.56 bits per heavy atom. The van der Waals surface area contributed by atoms with Gasteiger partial charge in [0.05, 0.1) is 17.0 Å². The molecule has 0 aliphatic carbocycles. The van der Waals surface area contributed by atoms with Crippen molar-refractivity contribution in [2.45, 2.75) is 36.7 Å². The molecule has 3 atom stereocenters. The van der Waals surface area contributed by atoms with Gasteiger partial charge in [0, 0.05) is 13.7 Å². The third kappa shape index (κ3) is 2.74. The van der Waals surface area contributed by atoms with Gasteiger partial charge >= 0.3 is 6.09 Å². The highest BCUT2D eigenvalue weighted by molar-refractivity contribution is 9.10. The van der Waals surface area contributed by atoms with E-state index in [0.29, 0.717) is 6.54 Å². The number of Topliss-reactive ketones (excluding diaryl/α,β-unsaturated/α-hetero) is 1. The monoisotopic (exact) mass is 293 g/mol. The molecule has 0 aromatic rings. The van der Waals surface area contributed by atoms with Crippen LogP contribution in [-0.2, 0) is 9.53 Å². The average molecular weight is 294 g/mol. The zero-order chi connectivity index (χ0) is 12.3. The van der Waals surface area contributed by atoms with Crippen LogP contribution in [0.2, 0.25) is 0 Å². The molecule has 1 N–H and O–H groups in total. The summed E-state index contributed by atoms with van der Waals surface area (Å²) in [6.07, 6.45) is 0.315. The Kier molecular flexibility index (Phi) is 4.73. The second kappa shape index (κ2) is 5.63. The van der Waals surface area contributed by atoms with Gasteiger partial charge in [0.15, 0.2) is 0 Å². The molecular formula is C10H16BrNO4. The molecular weight excluding hydrogens is 278 g/mol. The normalized spacial score (nSPS) is 27.6. The molecule has 1 rings (SSSR count). The van der Waals surface area contributed by atoms with Gasteiger partial charge in [-0.25, -0.2) is 4.79 Å². The summed E-state index contributed by atoms with van der Waals surface area (Å²) in [6, 6.07) is -0.436. The topological polar surface area (TPSA) is 66.8 Å². The number of likely N-dealkylation sites (tertiary alicyclic amines) is 1. The molecule has 0 bridgehead atoms. The zero-order valence-corrected chi connectivity index (χ0v) is 10.9. The molecule has 0 aromatic carbocycles. The van der Waals surface area contributed by atoms with Crippen LogP contribution in [0.4, 0.5) is 4.79 Å². The van der Waals surface area contributed by atoms with Crippen molar-refractivity contribution in [1.29, 1.82) is 0 Å². The summed E-state index contributed by atoms with van der Waals surface area (Å²) in [5.41, 5.74) is 0. The first kappa shape index (κ1) is 13.4. The minimum Gasteiger partial charge on any atom is -0.465 e. The Balaban J connectivity index is 2.91. The van der Waals surface area contributed by atoms with Gasteiger partial charge in [-0.05, 0) is 19.8 Å². The average Bonchev–Trinajstić information content (AvgIpc) is 2.26. The molecule has 3 unspecified atom stereocenters. The van der Waals surface area contributed by atoms with Crippen LogP contribution in [0.3, 0.4) is 0 Å². The first-order chi connectivity index (χ1) is 7.49. The van der Waals surface area contributed by atoms with Gasteiger partial charge in [-0.3, -0.25) is 4.79 Å². The molecule has 0 aromatic heterocycles. The quantitative estimate of drug-likeness (QED) is 0.801. The fraction of sp³-hybridized carbons (Fsp3) is 0.800. The van der Waals surface area contributed by atoms with Crippen molar-refractivity contribution in [3.05, 3.63) is 0 Å². The van der Waals surface area contributed by atoms with E-state index in [4.69, 9.17) is 9.84 Å². The third-order valence-electron chi connectivity index (χ3n) is 2.87. The van der Waals surface area contributed by atoms with Gasteiger partial charge in [-0.2, -0.15) is 0 Å². The van der Waals surface area contributed by atoms with Crippen molar-refractivity contribution in [3.8, 4) is 0 Å². The van der Waals surface area contributed by atoms with Gasteiger partial charge in [0.2, 0.25) is 0 Å². The highest BCUT2D eigenvalue weighted by Crippen LogP contribution is 2.26. The first-order valence-electron chi connectivity index (χ1n) is 5.16. The van der Waals surface area contributed by atoms with Crippen molar-refractivity contribution in [1.82, 2.24) is 4.90 Å². The Bertz CT molecular complexity index is 284. The molecule has 0 radical (unpaired) electrons. The highest BCUT2D eigenvalue weighted by atomic mass is 79.9. The number of hydrogen-bond acceptors (Lipinski definition) is 3. The number of rotatable bonds is 3. The largest absolute Gasteiger partial charge is 0.465 e. The lowest BCUT2D eigenvalue weighted by atomic mass is 9.95. The number of piperidine rings is 1. The fourth-order valence-electron chi connectivity index (χ4n) is 2.05. The van der Waals surface area contributed by atoms with E-state index in [2.05, 4.69) is 15.9 Å². The molecule has 5 nitrogen and oxygen atoms in total. The highest BCUT2D eigenvalue weighted by Gasteiger charge is 2.40. The molecule has 92 valence electrons. The number of hydrogen-bond donors (Lipinski definition) is 1. The molecule has 16 heavy (non-hydrogen) atoms. The van der Waals surface area contributed by atoms with E-state index in [1.807, 2.05) is 0 Å². The van der Waals surface area contributed by atoms with E-state index in [1.165, 1.54) is 11.8 Å². The van der Waals surface area contributed by atoms with E-state index in [1.54, 1.807) is 7.11 Å². The van der Waals surface area contributed by atoms with Crippen molar-refractivity contribution in [2.24, 2.45) is 0 Å². The third-order valence-corrected chi connectivity index (χ3v) is 4.05. The standard InChI is InChI=1S/C10H16BrNO4/c1-6(13)8(11)9-7(16-2)4-3-5-12(9)10(14)15/h7-9H,3-5H2,1-2H3,(H,14,15). The zero-order valence-electron chi connectivity index (χ0n) is 9.35. The van der Waals surface area contributed by atoms with Gasteiger partial charge in [-0.15, -0.1) is 0 Å². The van der Waals surface area contributed by atoms with E-state index in [9.17, 15) is 9.59 Å². The maximum atomic E-state index is 11.4. The van der Waals surface area contributed by atoms with Gasteiger partial charge in [0.25, 0.3) is 0 Å². The molecule has 0 saturated carbocycles. The predicted octanol–water partition coefficient (Wildman–Crippen LogP) is 1.50. The second-order valence-corrected chi connectivity index (χ2v) is 4.88. The van der Waals surface area contributed by atoms with E-state index >= 15 is 0 Å². The van der Waals surface area contributed by atoms with Crippen LogP contribution in [0.1, 0.15) is 19.8 Å². The number of halogens is 1. The molecule has 1 aliphatic heterocycles. The molecule has 1 amide bonds. The number of alkyl halides is 1. The second-order valence-electron chi connectivity index (χ2n) is 3.90. The maximum absolute atomic E-state index is 11.4. The summed E-state index contributed by atoms with van der Waals surface area (Å²) >= 11 is 3.26. The molecule has 1 fully saturated rings. The van der Waals surface area contributed by atoms with Crippen LogP contribution in [0, 0.1) is 0 Å². The first-order valence-corrected chi connectivity index (χ1v) is 6.07. The summed E-state index contributed by atoms with van der Waals surface area (Å²) in [7, 11) is 1.54. The van der Waals surface area contributed by atoms with Crippen LogP contribution in [-0.4, -0.2) is 52.5 Å². The summed E-state index contributed by atoms with van der Waals surface area (Å²) < 4.78 is 5.27. The van der Waals surface area contributed by atoms with Gasteiger partial charge < -0.3 is 14.7 Å². The summed E-state index contributed by atoms with van der Waals surface area (Å²) in [5, 5.41) is 9.09. The lowest BCUT2D eigenvalue weighted by Crippen LogP contribution is -2.56. The number of amides is 1. The van der Waals surface area contributed by atoms with Gasteiger partial charge in [0.1, 0.15) is 5.78 Å². The summed E-state index contributed by atoms with van der Waals surface area (Å²) in [6.45, 7) is 1.90. The molecule has 6 heteroatoms. The fourth-order valence-corrected chi connectivity index (χ4v) is 2.68. The van der Waals surface area contributed by atoms with Crippen molar-refractivity contribution < 1.29 is 19.4 Å². The number of nitrogens with zero attached hydrogens (tertiary/aromatic N) is 1.